The summed E-state index contributed by atoms with van der Waals surface area (Å²) in [4.78, 5) is 22.9. The van der Waals surface area contributed by atoms with E-state index in [1.807, 2.05) is 71.3 Å². The molecule has 0 saturated carbocycles. The highest BCUT2D eigenvalue weighted by atomic mass is 16.5. The van der Waals surface area contributed by atoms with Crippen LogP contribution in [0.2, 0.25) is 0 Å². The summed E-state index contributed by atoms with van der Waals surface area (Å²) in [7, 11) is 3.70. The predicted molar refractivity (Wildman–Crippen MR) is 151 cm³/mol. The van der Waals surface area contributed by atoms with E-state index in [4.69, 9.17) is 14.5 Å². The van der Waals surface area contributed by atoms with Crippen LogP contribution in [0.3, 0.4) is 0 Å². The molecule has 8 nitrogen and oxygen atoms in total. The van der Waals surface area contributed by atoms with E-state index < -0.39 is 0 Å². The number of fused-ring (bicyclic) bond motifs is 1. The molecule has 1 fully saturated rings. The van der Waals surface area contributed by atoms with Gasteiger partial charge in [-0.25, -0.2) is 4.98 Å². The SMILES string of the molecule is CCc1nc2ccc(C(=O)Nc3cc(-c4ccccc4)ccc3OC)cn2c1N(C)CCN1CCOCC1. The average Bonchev–Trinajstić information content (AvgIpc) is 3.35. The number of carbonyl (C=O) groups is 1. The molecule has 1 N–H and O–H groups in total. The molecule has 1 amide bonds. The van der Waals surface area contributed by atoms with Gasteiger partial charge in [-0.1, -0.05) is 43.3 Å². The van der Waals surface area contributed by atoms with E-state index >= 15 is 0 Å². The van der Waals surface area contributed by atoms with Gasteiger partial charge in [-0.3, -0.25) is 14.1 Å². The number of aryl methyl sites for hydroxylation is 1. The lowest BCUT2D eigenvalue weighted by atomic mass is 10.0. The van der Waals surface area contributed by atoms with E-state index in [1.54, 1.807) is 7.11 Å². The normalized spacial score (nSPS) is 14.0. The number of ether oxygens (including phenoxy) is 2. The summed E-state index contributed by atoms with van der Waals surface area (Å²) in [5, 5.41) is 3.06. The van der Waals surface area contributed by atoms with E-state index in [-0.39, 0.29) is 5.91 Å². The van der Waals surface area contributed by atoms with Crippen LogP contribution in [0.5, 0.6) is 5.75 Å². The number of hydrogen-bond acceptors (Lipinski definition) is 6. The number of pyridine rings is 1. The third-order valence-corrected chi connectivity index (χ3v) is 7.03. The van der Waals surface area contributed by atoms with Gasteiger partial charge in [0.15, 0.2) is 0 Å². The van der Waals surface area contributed by atoms with Crippen molar-refractivity contribution in [1.29, 1.82) is 0 Å². The van der Waals surface area contributed by atoms with Crippen LogP contribution in [0.15, 0.2) is 66.9 Å². The first-order valence-corrected chi connectivity index (χ1v) is 13.1. The molecule has 1 aliphatic heterocycles. The number of carbonyl (C=O) groups excluding carboxylic acids is 1. The van der Waals surface area contributed by atoms with Crippen molar-refractivity contribution in [3.63, 3.8) is 0 Å². The Bertz CT molecular complexity index is 1400. The monoisotopic (exact) mass is 513 g/mol. The van der Waals surface area contributed by atoms with Crippen LogP contribution in [0, 0.1) is 0 Å². The Labute approximate surface area is 223 Å². The smallest absolute Gasteiger partial charge is 0.257 e. The fourth-order valence-electron chi connectivity index (χ4n) is 4.89. The number of likely N-dealkylation sites (N-methyl/N-ethyl adjacent to an activating group) is 1. The lowest BCUT2D eigenvalue weighted by Crippen LogP contribution is -2.41. The van der Waals surface area contributed by atoms with Gasteiger partial charge in [0.25, 0.3) is 5.91 Å². The molecule has 5 rings (SSSR count). The van der Waals surface area contributed by atoms with Crippen LogP contribution in [0.4, 0.5) is 11.5 Å². The highest BCUT2D eigenvalue weighted by Gasteiger charge is 2.19. The Kier molecular flexibility index (Phi) is 7.91. The number of imidazole rings is 1. The van der Waals surface area contributed by atoms with E-state index in [2.05, 4.69) is 29.1 Å². The first-order valence-electron chi connectivity index (χ1n) is 13.1. The lowest BCUT2D eigenvalue weighted by Gasteiger charge is -2.29. The van der Waals surface area contributed by atoms with E-state index in [1.165, 1.54) is 0 Å². The number of methoxy groups -OCH3 is 1. The molecule has 2 aromatic heterocycles. The maximum atomic E-state index is 13.4. The summed E-state index contributed by atoms with van der Waals surface area (Å²) >= 11 is 0. The maximum absolute atomic E-state index is 13.4. The topological polar surface area (TPSA) is 71.3 Å². The quantitative estimate of drug-likeness (QED) is 0.353. The molecule has 1 aliphatic rings. The number of amides is 1. The fourth-order valence-corrected chi connectivity index (χ4v) is 4.89. The standard InChI is InChI=1S/C30H35N5O3/c1-4-25-30(33(2)14-15-34-16-18-38-19-17-34)35-21-24(11-13-28(35)31-25)29(36)32-26-20-23(10-12-27(26)37-3)22-8-6-5-7-9-22/h5-13,20-21H,4,14-19H2,1-3H3,(H,32,36). The minimum atomic E-state index is -0.205. The molecule has 38 heavy (non-hydrogen) atoms. The number of nitrogens with zero attached hydrogens (tertiary/aromatic N) is 4. The van der Waals surface area contributed by atoms with Crippen LogP contribution < -0.4 is 15.0 Å². The molecule has 0 atom stereocenters. The van der Waals surface area contributed by atoms with Crippen molar-refractivity contribution in [3.8, 4) is 16.9 Å². The summed E-state index contributed by atoms with van der Waals surface area (Å²) < 4.78 is 13.1. The van der Waals surface area contributed by atoms with E-state index in [9.17, 15) is 4.79 Å². The predicted octanol–water partition coefficient (Wildman–Crippen LogP) is 4.59. The first-order chi connectivity index (χ1) is 18.6. The van der Waals surface area contributed by atoms with Gasteiger partial charge < -0.3 is 19.7 Å². The Morgan fingerprint density at radius 3 is 2.61 bits per heavy atom. The van der Waals surface area contributed by atoms with Gasteiger partial charge in [0, 0.05) is 39.4 Å². The van der Waals surface area contributed by atoms with E-state index in [0.29, 0.717) is 17.0 Å². The molecule has 4 aromatic rings. The number of benzene rings is 2. The molecule has 0 unspecified atom stereocenters. The van der Waals surface area contributed by atoms with Crippen LogP contribution in [-0.4, -0.2) is 73.7 Å². The van der Waals surface area contributed by atoms with Crippen molar-refractivity contribution < 1.29 is 14.3 Å². The molecule has 8 heteroatoms. The largest absolute Gasteiger partial charge is 0.495 e. The Hall–Kier alpha value is -3.88. The number of rotatable bonds is 9. The highest BCUT2D eigenvalue weighted by Crippen LogP contribution is 2.31. The summed E-state index contributed by atoms with van der Waals surface area (Å²) in [6, 6.07) is 19.6. The number of anilines is 2. The van der Waals surface area contributed by atoms with Crippen molar-refractivity contribution >= 4 is 23.1 Å². The molecule has 198 valence electrons. The average molecular weight is 514 g/mol. The molecule has 2 aromatic carbocycles. The van der Waals surface area contributed by atoms with Crippen LogP contribution in [0.1, 0.15) is 23.0 Å². The van der Waals surface area contributed by atoms with E-state index in [0.717, 1.165) is 74.1 Å². The van der Waals surface area contributed by atoms with Gasteiger partial charge in [-0.15, -0.1) is 0 Å². The van der Waals surface area contributed by atoms with Crippen LogP contribution in [-0.2, 0) is 11.2 Å². The van der Waals surface area contributed by atoms with Crippen molar-refractivity contribution in [1.82, 2.24) is 14.3 Å². The first kappa shape index (κ1) is 25.8. The molecule has 0 radical (unpaired) electrons. The zero-order valence-electron chi connectivity index (χ0n) is 22.3. The third kappa shape index (κ3) is 5.51. The van der Waals surface area contributed by atoms with Gasteiger partial charge in [0.2, 0.25) is 0 Å². The minimum Gasteiger partial charge on any atom is -0.495 e. The number of morpholine rings is 1. The Morgan fingerprint density at radius 1 is 1.08 bits per heavy atom. The molecule has 0 bridgehead atoms. The minimum absolute atomic E-state index is 0.205. The Morgan fingerprint density at radius 2 is 1.87 bits per heavy atom. The van der Waals surface area contributed by atoms with Crippen LogP contribution in [0.25, 0.3) is 16.8 Å². The van der Waals surface area contributed by atoms with Gasteiger partial charge in [0.05, 0.1) is 37.3 Å². The number of aromatic nitrogens is 2. The highest BCUT2D eigenvalue weighted by molar-refractivity contribution is 6.05. The summed E-state index contributed by atoms with van der Waals surface area (Å²) in [6.45, 7) is 7.42. The van der Waals surface area contributed by atoms with Crippen molar-refractivity contribution in [2.75, 3.05) is 63.8 Å². The van der Waals surface area contributed by atoms with Crippen molar-refractivity contribution in [2.24, 2.45) is 0 Å². The molecular weight excluding hydrogens is 478 g/mol. The second-order valence-corrected chi connectivity index (χ2v) is 9.49. The van der Waals surface area contributed by atoms with Gasteiger partial charge >= 0.3 is 0 Å². The Balaban J connectivity index is 1.40. The number of nitrogens with one attached hydrogen (secondary N) is 1. The van der Waals surface area contributed by atoms with Gasteiger partial charge in [-0.2, -0.15) is 0 Å². The number of hydrogen-bond donors (Lipinski definition) is 1. The van der Waals surface area contributed by atoms with Crippen LogP contribution >= 0.6 is 0 Å². The zero-order chi connectivity index (χ0) is 26.5. The van der Waals surface area contributed by atoms with Gasteiger partial charge in [-0.05, 0) is 41.8 Å². The summed E-state index contributed by atoms with van der Waals surface area (Å²) in [6.07, 6.45) is 2.69. The lowest BCUT2D eigenvalue weighted by molar-refractivity contribution is 0.0392. The zero-order valence-corrected chi connectivity index (χ0v) is 22.3. The molecule has 0 spiro atoms. The second-order valence-electron chi connectivity index (χ2n) is 9.49. The van der Waals surface area contributed by atoms with Gasteiger partial charge in [0.1, 0.15) is 17.2 Å². The van der Waals surface area contributed by atoms with Crippen molar-refractivity contribution in [2.45, 2.75) is 13.3 Å². The molecular formula is C30H35N5O3. The molecule has 3 heterocycles. The molecule has 1 saturated heterocycles. The summed E-state index contributed by atoms with van der Waals surface area (Å²) in [5.41, 5.74) is 5.10. The summed E-state index contributed by atoms with van der Waals surface area (Å²) in [5.74, 6) is 1.43. The second kappa shape index (κ2) is 11.7. The molecule has 0 aliphatic carbocycles. The maximum Gasteiger partial charge on any atom is 0.257 e. The fraction of sp³-hybridized carbons (Fsp3) is 0.333. The third-order valence-electron chi connectivity index (χ3n) is 7.03. The van der Waals surface area contributed by atoms with Crippen molar-refractivity contribution in [3.05, 3.63) is 78.1 Å².